The highest BCUT2D eigenvalue weighted by Crippen LogP contribution is 2.21. The monoisotopic (exact) mass is 233 g/mol. The number of esters is 1. The van der Waals surface area contributed by atoms with Crippen molar-refractivity contribution in [3.63, 3.8) is 0 Å². The Morgan fingerprint density at radius 3 is 3.18 bits per heavy atom. The van der Waals surface area contributed by atoms with Crippen molar-refractivity contribution in [3.05, 3.63) is 30.3 Å². The second-order valence-electron chi connectivity index (χ2n) is 3.95. The molecule has 17 heavy (non-hydrogen) atoms. The van der Waals surface area contributed by atoms with Gasteiger partial charge in [0.15, 0.2) is 5.58 Å². The van der Waals surface area contributed by atoms with Gasteiger partial charge in [-0.15, -0.1) is 0 Å². The van der Waals surface area contributed by atoms with Gasteiger partial charge >= 0.3 is 5.97 Å². The third-order valence-electron chi connectivity index (χ3n) is 2.54. The van der Waals surface area contributed by atoms with Crippen molar-refractivity contribution in [2.45, 2.75) is 32.8 Å². The van der Waals surface area contributed by atoms with E-state index >= 15 is 0 Å². The number of rotatable bonds is 4. The van der Waals surface area contributed by atoms with Crippen LogP contribution in [0.25, 0.3) is 11.0 Å². The summed E-state index contributed by atoms with van der Waals surface area (Å²) in [4.78, 5) is 15.6. The van der Waals surface area contributed by atoms with Gasteiger partial charge in [-0.05, 0) is 25.5 Å². The van der Waals surface area contributed by atoms with Gasteiger partial charge in [0.05, 0.1) is 18.2 Å². The van der Waals surface area contributed by atoms with Gasteiger partial charge in [-0.3, -0.25) is 9.78 Å². The Morgan fingerprint density at radius 2 is 2.41 bits per heavy atom. The minimum Gasteiger partial charge on any atom is -0.463 e. The van der Waals surface area contributed by atoms with E-state index in [1.807, 2.05) is 26.0 Å². The maximum absolute atomic E-state index is 11.4. The molecule has 0 radical (unpaired) electrons. The van der Waals surface area contributed by atoms with Gasteiger partial charge in [0.1, 0.15) is 6.10 Å². The van der Waals surface area contributed by atoms with Crippen molar-refractivity contribution in [2.75, 3.05) is 0 Å². The SMILES string of the molecule is CCCC(=O)O[C@H](C)c1cc2ccoc2cn1. The van der Waals surface area contributed by atoms with E-state index in [1.54, 1.807) is 12.5 Å². The van der Waals surface area contributed by atoms with Gasteiger partial charge in [-0.2, -0.15) is 0 Å². The fourth-order valence-corrected chi connectivity index (χ4v) is 1.63. The number of fused-ring (bicyclic) bond motifs is 1. The lowest BCUT2D eigenvalue weighted by molar-refractivity contribution is -0.148. The second kappa shape index (κ2) is 4.99. The molecule has 0 fully saturated rings. The molecule has 0 N–H and O–H groups in total. The fraction of sp³-hybridized carbons (Fsp3) is 0.385. The topological polar surface area (TPSA) is 52.3 Å². The Hall–Kier alpha value is -1.84. The summed E-state index contributed by atoms with van der Waals surface area (Å²) < 4.78 is 10.5. The zero-order valence-corrected chi connectivity index (χ0v) is 9.97. The van der Waals surface area contributed by atoms with E-state index in [0.29, 0.717) is 6.42 Å². The summed E-state index contributed by atoms with van der Waals surface area (Å²) in [5, 5.41) is 0.966. The number of hydrogen-bond donors (Lipinski definition) is 0. The number of aromatic nitrogens is 1. The van der Waals surface area contributed by atoms with Crippen LogP contribution in [0.5, 0.6) is 0 Å². The summed E-state index contributed by atoms with van der Waals surface area (Å²) in [7, 11) is 0. The molecule has 0 aromatic carbocycles. The molecular weight excluding hydrogens is 218 g/mol. The lowest BCUT2D eigenvalue weighted by Crippen LogP contribution is -2.09. The zero-order valence-electron chi connectivity index (χ0n) is 9.97. The van der Waals surface area contributed by atoms with Gasteiger partial charge in [0.2, 0.25) is 0 Å². The molecule has 0 bridgehead atoms. The first-order valence-corrected chi connectivity index (χ1v) is 5.73. The molecule has 2 aromatic rings. The van der Waals surface area contributed by atoms with Crippen LogP contribution in [0.4, 0.5) is 0 Å². The van der Waals surface area contributed by atoms with Crippen molar-refractivity contribution in [3.8, 4) is 0 Å². The van der Waals surface area contributed by atoms with Crippen molar-refractivity contribution >= 4 is 16.9 Å². The third kappa shape index (κ3) is 2.64. The molecule has 0 aliphatic rings. The van der Waals surface area contributed by atoms with E-state index in [-0.39, 0.29) is 12.1 Å². The quantitative estimate of drug-likeness (QED) is 0.761. The first kappa shape index (κ1) is 11.6. The van der Waals surface area contributed by atoms with Crippen molar-refractivity contribution in [1.29, 1.82) is 0 Å². The van der Waals surface area contributed by atoms with E-state index < -0.39 is 0 Å². The number of carbonyl (C=O) groups excluding carboxylic acids is 1. The van der Waals surface area contributed by atoms with Crippen LogP contribution < -0.4 is 0 Å². The van der Waals surface area contributed by atoms with Crippen molar-refractivity contribution < 1.29 is 13.9 Å². The fourth-order valence-electron chi connectivity index (χ4n) is 1.63. The summed E-state index contributed by atoms with van der Waals surface area (Å²) in [5.41, 5.74) is 1.48. The average molecular weight is 233 g/mol. The number of pyridine rings is 1. The van der Waals surface area contributed by atoms with Gasteiger partial charge in [-0.25, -0.2) is 0 Å². The van der Waals surface area contributed by atoms with Crippen LogP contribution in [0, 0.1) is 0 Å². The third-order valence-corrected chi connectivity index (χ3v) is 2.54. The summed E-state index contributed by atoms with van der Waals surface area (Å²) in [6, 6.07) is 3.74. The summed E-state index contributed by atoms with van der Waals surface area (Å²) in [5.74, 6) is -0.186. The minimum absolute atomic E-state index is 0.186. The molecule has 2 aromatic heterocycles. The molecule has 2 heterocycles. The largest absolute Gasteiger partial charge is 0.463 e. The predicted octanol–water partition coefficient (Wildman–Crippen LogP) is 3.23. The first-order chi connectivity index (χ1) is 8.20. The number of ether oxygens (including phenoxy) is 1. The van der Waals surface area contributed by atoms with Crippen molar-refractivity contribution in [2.24, 2.45) is 0 Å². The Morgan fingerprint density at radius 1 is 1.59 bits per heavy atom. The van der Waals surface area contributed by atoms with Gasteiger partial charge in [0, 0.05) is 11.8 Å². The minimum atomic E-state index is -0.326. The van der Waals surface area contributed by atoms with E-state index in [0.717, 1.165) is 23.1 Å². The van der Waals surface area contributed by atoms with Crippen molar-refractivity contribution in [1.82, 2.24) is 4.98 Å². The second-order valence-corrected chi connectivity index (χ2v) is 3.95. The molecule has 0 spiro atoms. The van der Waals surface area contributed by atoms with Gasteiger partial charge in [0.25, 0.3) is 0 Å². The molecule has 1 atom stereocenters. The lowest BCUT2D eigenvalue weighted by Gasteiger charge is -2.12. The Balaban J connectivity index is 2.12. The Labute approximate surface area is 99.6 Å². The summed E-state index contributed by atoms with van der Waals surface area (Å²) in [6.07, 6.45) is 4.17. The van der Waals surface area contributed by atoms with Crippen LogP contribution in [-0.2, 0) is 9.53 Å². The molecule has 90 valence electrons. The van der Waals surface area contributed by atoms with Crippen LogP contribution in [0.15, 0.2) is 29.0 Å². The van der Waals surface area contributed by atoms with Crippen LogP contribution in [-0.4, -0.2) is 11.0 Å². The van der Waals surface area contributed by atoms with Crippen LogP contribution in [0.2, 0.25) is 0 Å². The van der Waals surface area contributed by atoms with Crippen LogP contribution >= 0.6 is 0 Å². The van der Waals surface area contributed by atoms with E-state index in [2.05, 4.69) is 4.98 Å². The van der Waals surface area contributed by atoms with Crippen LogP contribution in [0.3, 0.4) is 0 Å². The molecule has 0 unspecified atom stereocenters. The standard InChI is InChI=1S/C13H15NO3/c1-3-4-13(15)17-9(2)11-7-10-5-6-16-12(10)8-14-11/h5-9H,3-4H2,1-2H3/t9-/m1/s1. The van der Waals surface area contributed by atoms with Gasteiger partial charge < -0.3 is 9.15 Å². The first-order valence-electron chi connectivity index (χ1n) is 5.73. The smallest absolute Gasteiger partial charge is 0.306 e. The van der Waals surface area contributed by atoms with E-state index in [9.17, 15) is 4.79 Å². The lowest BCUT2D eigenvalue weighted by atomic mass is 10.2. The van der Waals surface area contributed by atoms with Gasteiger partial charge in [-0.1, -0.05) is 6.92 Å². The number of hydrogen-bond acceptors (Lipinski definition) is 4. The van der Waals surface area contributed by atoms with E-state index in [4.69, 9.17) is 9.15 Å². The molecule has 0 saturated carbocycles. The maximum Gasteiger partial charge on any atom is 0.306 e. The number of furan rings is 1. The Bertz CT molecular complexity index is 518. The molecule has 2 rings (SSSR count). The molecule has 4 heteroatoms. The summed E-state index contributed by atoms with van der Waals surface area (Å²) in [6.45, 7) is 3.77. The molecule has 4 nitrogen and oxygen atoms in total. The summed E-state index contributed by atoms with van der Waals surface area (Å²) >= 11 is 0. The zero-order chi connectivity index (χ0) is 12.3. The predicted molar refractivity (Wildman–Crippen MR) is 63.4 cm³/mol. The Kier molecular flexibility index (Phi) is 3.42. The maximum atomic E-state index is 11.4. The number of nitrogens with zero attached hydrogens (tertiary/aromatic N) is 1. The molecule has 0 aliphatic heterocycles. The molecule has 0 saturated heterocycles. The molecular formula is C13H15NO3. The average Bonchev–Trinajstić information content (AvgIpc) is 2.75. The number of carbonyl (C=O) groups is 1. The molecule has 0 aliphatic carbocycles. The molecule has 0 amide bonds. The normalized spacial score (nSPS) is 12.6. The van der Waals surface area contributed by atoms with E-state index in [1.165, 1.54) is 0 Å². The van der Waals surface area contributed by atoms with Crippen LogP contribution in [0.1, 0.15) is 38.5 Å². The highest BCUT2D eigenvalue weighted by molar-refractivity contribution is 5.76. The highest BCUT2D eigenvalue weighted by Gasteiger charge is 2.13. The highest BCUT2D eigenvalue weighted by atomic mass is 16.5.